The number of hydrogen-bond acceptors (Lipinski definition) is 4. The van der Waals surface area contributed by atoms with Crippen LogP contribution in [0.1, 0.15) is 19.4 Å². The molecule has 6 nitrogen and oxygen atoms in total. The van der Waals surface area contributed by atoms with Gasteiger partial charge in [-0.1, -0.05) is 6.07 Å². The molecular formula is C16H18N4O2. The summed E-state index contributed by atoms with van der Waals surface area (Å²) in [6, 6.07) is 8.77. The number of amides is 1. The molecule has 0 unspecified atom stereocenters. The molecule has 2 rings (SSSR count). The normalized spacial score (nSPS) is 10.2. The van der Waals surface area contributed by atoms with E-state index in [4.69, 9.17) is 0 Å². The van der Waals surface area contributed by atoms with Crippen LogP contribution in [0.3, 0.4) is 0 Å². The lowest BCUT2D eigenvalue weighted by Gasteiger charge is -2.19. The van der Waals surface area contributed by atoms with Crippen LogP contribution < -0.4 is 10.9 Å². The summed E-state index contributed by atoms with van der Waals surface area (Å²) in [4.78, 5) is 26.1. The SMILES string of the molecule is CCN(CC)C(=O)CNc1cc(C#N)c2ccccn2c1=O. The Bertz CT molecular complexity index is 785. The van der Waals surface area contributed by atoms with Crippen molar-refractivity contribution in [3.8, 4) is 6.07 Å². The van der Waals surface area contributed by atoms with Crippen molar-refractivity contribution in [2.24, 2.45) is 0 Å². The number of anilines is 1. The fraction of sp³-hybridized carbons (Fsp3) is 0.312. The highest BCUT2D eigenvalue weighted by atomic mass is 16.2. The topological polar surface area (TPSA) is 77.6 Å². The van der Waals surface area contributed by atoms with Crippen molar-refractivity contribution in [3.63, 3.8) is 0 Å². The molecule has 0 saturated heterocycles. The van der Waals surface area contributed by atoms with E-state index in [2.05, 4.69) is 11.4 Å². The van der Waals surface area contributed by atoms with E-state index in [0.717, 1.165) is 0 Å². The molecule has 0 bridgehead atoms. The Labute approximate surface area is 128 Å². The van der Waals surface area contributed by atoms with Crippen LogP contribution in [0.5, 0.6) is 0 Å². The van der Waals surface area contributed by atoms with E-state index in [-0.39, 0.29) is 23.7 Å². The van der Waals surface area contributed by atoms with Gasteiger partial charge in [-0.3, -0.25) is 14.0 Å². The number of nitrogens with one attached hydrogen (secondary N) is 1. The lowest BCUT2D eigenvalue weighted by molar-refractivity contribution is -0.128. The van der Waals surface area contributed by atoms with E-state index < -0.39 is 0 Å². The summed E-state index contributed by atoms with van der Waals surface area (Å²) in [6.07, 6.45) is 1.61. The van der Waals surface area contributed by atoms with Crippen molar-refractivity contribution < 1.29 is 4.79 Å². The van der Waals surface area contributed by atoms with Gasteiger partial charge in [0.05, 0.1) is 17.6 Å². The Hall–Kier alpha value is -2.81. The third-order valence-corrected chi connectivity index (χ3v) is 3.54. The van der Waals surface area contributed by atoms with Crippen LogP contribution in [-0.4, -0.2) is 34.8 Å². The quantitative estimate of drug-likeness (QED) is 0.906. The average molecular weight is 298 g/mol. The summed E-state index contributed by atoms with van der Waals surface area (Å²) in [5.74, 6) is -0.0823. The molecule has 2 heterocycles. The van der Waals surface area contributed by atoms with Crippen LogP contribution in [0.15, 0.2) is 35.3 Å². The molecule has 2 aromatic heterocycles. The molecule has 6 heteroatoms. The number of aromatic nitrogens is 1. The zero-order chi connectivity index (χ0) is 16.1. The number of rotatable bonds is 5. The third-order valence-electron chi connectivity index (χ3n) is 3.54. The lowest BCUT2D eigenvalue weighted by atomic mass is 10.2. The van der Waals surface area contributed by atoms with Crippen molar-refractivity contribution in [2.45, 2.75) is 13.8 Å². The zero-order valence-electron chi connectivity index (χ0n) is 12.7. The maximum atomic E-state index is 12.4. The first-order valence-electron chi connectivity index (χ1n) is 7.18. The fourth-order valence-corrected chi connectivity index (χ4v) is 2.32. The van der Waals surface area contributed by atoms with E-state index in [1.54, 1.807) is 29.3 Å². The number of fused-ring (bicyclic) bond motifs is 1. The van der Waals surface area contributed by atoms with Crippen molar-refractivity contribution in [1.29, 1.82) is 5.26 Å². The minimum atomic E-state index is -0.276. The first-order valence-corrected chi connectivity index (χ1v) is 7.18. The van der Waals surface area contributed by atoms with E-state index in [9.17, 15) is 14.9 Å². The largest absolute Gasteiger partial charge is 0.372 e. The van der Waals surface area contributed by atoms with Crippen molar-refractivity contribution >= 4 is 17.1 Å². The molecule has 114 valence electrons. The summed E-state index contributed by atoms with van der Waals surface area (Å²) >= 11 is 0. The lowest BCUT2D eigenvalue weighted by Crippen LogP contribution is -2.36. The fourth-order valence-electron chi connectivity index (χ4n) is 2.32. The van der Waals surface area contributed by atoms with Gasteiger partial charge in [-0.15, -0.1) is 0 Å². The maximum Gasteiger partial charge on any atom is 0.278 e. The Kier molecular flexibility index (Phi) is 4.79. The molecule has 22 heavy (non-hydrogen) atoms. The number of carbonyl (C=O) groups is 1. The number of hydrogen-bond donors (Lipinski definition) is 1. The number of carbonyl (C=O) groups excluding carboxylic acids is 1. The second kappa shape index (κ2) is 6.76. The van der Waals surface area contributed by atoms with E-state index in [1.807, 2.05) is 13.8 Å². The Morgan fingerprint density at radius 3 is 2.73 bits per heavy atom. The summed E-state index contributed by atoms with van der Waals surface area (Å²) in [5.41, 5.74) is 0.913. The molecule has 0 aliphatic heterocycles. The predicted molar refractivity (Wildman–Crippen MR) is 84.8 cm³/mol. The van der Waals surface area contributed by atoms with Crippen LogP contribution >= 0.6 is 0 Å². The van der Waals surface area contributed by atoms with Crippen LogP contribution in [-0.2, 0) is 4.79 Å². The van der Waals surface area contributed by atoms with Gasteiger partial charge in [0.15, 0.2) is 0 Å². The second-order valence-electron chi connectivity index (χ2n) is 4.76. The molecule has 0 fully saturated rings. The molecule has 0 spiro atoms. The van der Waals surface area contributed by atoms with Gasteiger partial charge in [-0.25, -0.2) is 0 Å². The van der Waals surface area contributed by atoms with Gasteiger partial charge in [-0.2, -0.15) is 5.26 Å². The molecule has 0 aromatic carbocycles. The minimum absolute atomic E-state index is 0.0285. The van der Waals surface area contributed by atoms with E-state index in [1.165, 1.54) is 10.5 Å². The van der Waals surface area contributed by atoms with Gasteiger partial charge >= 0.3 is 0 Å². The minimum Gasteiger partial charge on any atom is -0.372 e. The Balaban J connectivity index is 2.33. The predicted octanol–water partition coefficient (Wildman–Crippen LogP) is 1.45. The van der Waals surface area contributed by atoms with Crippen LogP contribution in [0.2, 0.25) is 0 Å². The van der Waals surface area contributed by atoms with Gasteiger partial charge in [0.1, 0.15) is 11.8 Å². The Morgan fingerprint density at radius 1 is 1.36 bits per heavy atom. The van der Waals surface area contributed by atoms with Crippen molar-refractivity contribution in [2.75, 3.05) is 25.0 Å². The summed E-state index contributed by atoms with van der Waals surface area (Å²) < 4.78 is 1.41. The van der Waals surface area contributed by atoms with Gasteiger partial charge in [-0.05, 0) is 32.0 Å². The van der Waals surface area contributed by atoms with Crippen molar-refractivity contribution in [1.82, 2.24) is 9.30 Å². The maximum absolute atomic E-state index is 12.4. The number of pyridine rings is 2. The second-order valence-corrected chi connectivity index (χ2v) is 4.76. The molecule has 0 aliphatic carbocycles. The highest BCUT2D eigenvalue weighted by Gasteiger charge is 2.12. The molecular weight excluding hydrogens is 280 g/mol. The van der Waals surface area contributed by atoms with Gasteiger partial charge < -0.3 is 10.2 Å². The molecule has 1 N–H and O–H groups in total. The first-order chi connectivity index (χ1) is 10.6. The third kappa shape index (κ3) is 2.93. The molecule has 0 aliphatic rings. The smallest absolute Gasteiger partial charge is 0.278 e. The number of likely N-dealkylation sites (N-methyl/N-ethyl adjacent to an activating group) is 1. The van der Waals surface area contributed by atoms with Crippen LogP contribution in [0.25, 0.3) is 5.52 Å². The molecule has 0 saturated carbocycles. The molecule has 1 amide bonds. The van der Waals surface area contributed by atoms with E-state index >= 15 is 0 Å². The van der Waals surface area contributed by atoms with Crippen molar-refractivity contribution in [3.05, 3.63) is 46.4 Å². The van der Waals surface area contributed by atoms with E-state index in [0.29, 0.717) is 24.2 Å². The van der Waals surface area contributed by atoms with Gasteiger partial charge in [0, 0.05) is 19.3 Å². The van der Waals surface area contributed by atoms with Crippen LogP contribution in [0, 0.1) is 11.3 Å². The number of nitriles is 1. The monoisotopic (exact) mass is 298 g/mol. The average Bonchev–Trinajstić information content (AvgIpc) is 2.55. The molecule has 0 radical (unpaired) electrons. The first kappa shape index (κ1) is 15.6. The van der Waals surface area contributed by atoms with Gasteiger partial charge in [0.25, 0.3) is 5.56 Å². The Morgan fingerprint density at radius 2 is 2.09 bits per heavy atom. The van der Waals surface area contributed by atoms with Gasteiger partial charge in [0.2, 0.25) is 5.91 Å². The standard InChI is InChI=1S/C16H18N4O2/c1-3-19(4-2)15(21)11-18-13-9-12(10-17)14-7-5-6-8-20(14)16(13)22/h5-9,18H,3-4,11H2,1-2H3. The summed E-state index contributed by atoms with van der Waals surface area (Å²) in [6.45, 7) is 5.08. The molecule has 0 atom stereocenters. The van der Waals surface area contributed by atoms with Crippen LogP contribution in [0.4, 0.5) is 5.69 Å². The highest BCUT2D eigenvalue weighted by molar-refractivity contribution is 5.81. The highest BCUT2D eigenvalue weighted by Crippen LogP contribution is 2.12. The zero-order valence-corrected chi connectivity index (χ0v) is 12.7. The molecule has 2 aromatic rings. The number of nitrogens with zero attached hydrogens (tertiary/aromatic N) is 3. The summed E-state index contributed by atoms with van der Waals surface area (Å²) in [5, 5.41) is 12.1. The summed E-state index contributed by atoms with van der Waals surface area (Å²) in [7, 11) is 0.